The van der Waals surface area contributed by atoms with E-state index in [-0.39, 0.29) is 5.75 Å². The predicted molar refractivity (Wildman–Crippen MR) is 81.8 cm³/mol. The van der Waals surface area contributed by atoms with Gasteiger partial charge in [-0.1, -0.05) is 0 Å². The molecule has 0 saturated heterocycles. The van der Waals surface area contributed by atoms with Crippen molar-refractivity contribution in [2.45, 2.75) is 38.5 Å². The third-order valence-corrected chi connectivity index (χ3v) is 5.87. The summed E-state index contributed by atoms with van der Waals surface area (Å²) in [6, 6.07) is 6.04. The number of fused-ring (bicyclic) bond motifs is 1. The van der Waals surface area contributed by atoms with Gasteiger partial charge in [0.1, 0.15) is 17.5 Å². The van der Waals surface area contributed by atoms with Crippen LogP contribution < -0.4 is 4.74 Å². The minimum Gasteiger partial charge on any atom is -0.485 e. The maximum atomic E-state index is 12.2. The van der Waals surface area contributed by atoms with Crippen molar-refractivity contribution in [2.75, 3.05) is 12.8 Å². The van der Waals surface area contributed by atoms with Gasteiger partial charge in [-0.05, 0) is 39.0 Å². The van der Waals surface area contributed by atoms with E-state index in [9.17, 15) is 13.5 Å². The molecule has 1 aromatic rings. The molecule has 0 radical (unpaired) electrons. The minimum absolute atomic E-state index is 0.0682. The normalized spacial score (nSPS) is 23.5. The molecular weight excluding hydrogens is 304 g/mol. The third-order valence-electron chi connectivity index (χ3n) is 4.04. The molecule has 0 bridgehead atoms. The van der Waals surface area contributed by atoms with Gasteiger partial charge in [0.05, 0.1) is 23.4 Å². The van der Waals surface area contributed by atoms with Gasteiger partial charge in [0.15, 0.2) is 0 Å². The van der Waals surface area contributed by atoms with Crippen LogP contribution >= 0.6 is 0 Å². The van der Waals surface area contributed by atoms with Crippen LogP contribution in [0.3, 0.4) is 0 Å². The Morgan fingerprint density at radius 2 is 2.09 bits per heavy atom. The SMILES string of the molecule is CCS(=O)(=O)N(C)[C@H]1c2cc(C#N)ccc2OC(C)(C)C1O. The first-order valence-electron chi connectivity index (χ1n) is 7.01. The van der Waals surface area contributed by atoms with Crippen molar-refractivity contribution in [1.82, 2.24) is 4.31 Å². The molecule has 0 saturated carbocycles. The van der Waals surface area contributed by atoms with Crippen LogP contribution in [-0.4, -0.2) is 42.3 Å². The van der Waals surface area contributed by atoms with Crippen LogP contribution in [-0.2, 0) is 10.0 Å². The smallest absolute Gasteiger partial charge is 0.214 e. The average Bonchev–Trinajstić information content (AvgIpc) is 2.47. The lowest BCUT2D eigenvalue weighted by Gasteiger charge is -2.44. The zero-order chi connectivity index (χ0) is 16.7. The lowest BCUT2D eigenvalue weighted by atomic mass is 9.86. The minimum atomic E-state index is -3.51. The van der Waals surface area contributed by atoms with E-state index in [0.717, 1.165) is 0 Å². The number of rotatable bonds is 3. The molecule has 1 N–H and O–H groups in total. The van der Waals surface area contributed by atoms with E-state index in [4.69, 9.17) is 10.00 Å². The van der Waals surface area contributed by atoms with Crippen molar-refractivity contribution < 1.29 is 18.3 Å². The molecule has 120 valence electrons. The second kappa shape index (κ2) is 5.54. The van der Waals surface area contributed by atoms with E-state index in [2.05, 4.69) is 0 Å². The Kier molecular flexibility index (Phi) is 4.22. The van der Waals surface area contributed by atoms with Crippen molar-refractivity contribution in [1.29, 1.82) is 5.26 Å². The molecular formula is C15H20N2O4S. The highest BCUT2D eigenvalue weighted by atomic mass is 32.2. The first kappa shape index (κ1) is 16.7. The van der Waals surface area contributed by atoms with Crippen molar-refractivity contribution in [2.24, 2.45) is 0 Å². The molecule has 22 heavy (non-hydrogen) atoms. The predicted octanol–water partition coefficient (Wildman–Crippen LogP) is 1.41. The van der Waals surface area contributed by atoms with Crippen LogP contribution in [0.4, 0.5) is 0 Å². The standard InChI is InChI=1S/C15H20N2O4S/c1-5-22(19,20)17(4)13-11-8-10(9-16)6-7-12(11)21-15(2,3)14(13)18/h6-8,13-14,18H,5H2,1-4H3/t13-,14?/m0/s1. The zero-order valence-corrected chi connectivity index (χ0v) is 13.9. The van der Waals surface area contributed by atoms with E-state index < -0.39 is 27.8 Å². The Bertz CT molecular complexity index is 722. The second-order valence-corrected chi connectivity index (χ2v) is 8.19. The maximum Gasteiger partial charge on any atom is 0.214 e. The Morgan fingerprint density at radius 1 is 1.45 bits per heavy atom. The van der Waals surface area contributed by atoms with Gasteiger partial charge in [-0.3, -0.25) is 0 Å². The molecule has 0 amide bonds. The largest absolute Gasteiger partial charge is 0.485 e. The van der Waals surface area contributed by atoms with E-state index in [0.29, 0.717) is 16.9 Å². The number of likely N-dealkylation sites (N-methyl/N-ethyl adjacent to an activating group) is 1. The number of ether oxygens (including phenoxy) is 1. The van der Waals surface area contributed by atoms with Gasteiger partial charge in [0.25, 0.3) is 0 Å². The lowest BCUT2D eigenvalue weighted by molar-refractivity contribution is -0.0763. The van der Waals surface area contributed by atoms with Gasteiger partial charge in [-0.15, -0.1) is 0 Å². The lowest BCUT2D eigenvalue weighted by Crippen LogP contribution is -2.54. The van der Waals surface area contributed by atoms with Gasteiger partial charge < -0.3 is 9.84 Å². The summed E-state index contributed by atoms with van der Waals surface area (Å²) in [5.41, 5.74) is -0.0458. The summed E-state index contributed by atoms with van der Waals surface area (Å²) in [7, 11) is -2.07. The molecule has 0 fully saturated rings. The highest BCUT2D eigenvalue weighted by Crippen LogP contribution is 2.43. The molecule has 2 atom stereocenters. The number of sulfonamides is 1. The Labute approximate surface area is 131 Å². The van der Waals surface area contributed by atoms with Gasteiger partial charge >= 0.3 is 0 Å². The van der Waals surface area contributed by atoms with E-state index in [1.165, 1.54) is 11.4 Å². The van der Waals surface area contributed by atoms with Gasteiger partial charge in [0, 0.05) is 12.6 Å². The highest BCUT2D eigenvalue weighted by Gasteiger charge is 2.47. The van der Waals surface area contributed by atoms with Crippen LogP contribution in [0.2, 0.25) is 0 Å². The van der Waals surface area contributed by atoms with Crippen LogP contribution in [0.1, 0.15) is 37.9 Å². The van der Waals surface area contributed by atoms with Crippen LogP contribution in [0.5, 0.6) is 5.75 Å². The molecule has 1 aromatic carbocycles. The van der Waals surface area contributed by atoms with Crippen molar-refractivity contribution >= 4 is 10.0 Å². The van der Waals surface area contributed by atoms with Crippen LogP contribution in [0.25, 0.3) is 0 Å². The van der Waals surface area contributed by atoms with Gasteiger partial charge in [-0.2, -0.15) is 9.57 Å². The summed E-state index contributed by atoms with van der Waals surface area (Å²) < 4.78 is 31.4. The van der Waals surface area contributed by atoms with Crippen molar-refractivity contribution in [3.05, 3.63) is 29.3 Å². The highest BCUT2D eigenvalue weighted by molar-refractivity contribution is 7.89. The maximum absolute atomic E-state index is 12.2. The molecule has 0 aromatic heterocycles. The fourth-order valence-corrected chi connectivity index (χ4v) is 3.59. The van der Waals surface area contributed by atoms with Crippen molar-refractivity contribution in [3.63, 3.8) is 0 Å². The Hall–Kier alpha value is -1.62. The number of benzene rings is 1. The summed E-state index contributed by atoms with van der Waals surface area (Å²) in [6.45, 7) is 4.96. The summed E-state index contributed by atoms with van der Waals surface area (Å²) in [5, 5.41) is 19.7. The van der Waals surface area contributed by atoms with Gasteiger partial charge in [0.2, 0.25) is 10.0 Å². The molecule has 0 spiro atoms. The topological polar surface area (TPSA) is 90.6 Å². The molecule has 1 aliphatic rings. The third kappa shape index (κ3) is 2.70. The summed E-state index contributed by atoms with van der Waals surface area (Å²) >= 11 is 0. The molecule has 1 unspecified atom stereocenters. The summed E-state index contributed by atoms with van der Waals surface area (Å²) in [6.07, 6.45) is -1.06. The molecule has 7 heteroatoms. The van der Waals surface area contributed by atoms with E-state index >= 15 is 0 Å². The van der Waals surface area contributed by atoms with Crippen LogP contribution in [0, 0.1) is 11.3 Å². The number of nitrogens with zero attached hydrogens (tertiary/aromatic N) is 2. The Balaban J connectivity index is 2.64. The fourth-order valence-electron chi connectivity index (χ4n) is 2.61. The fraction of sp³-hybridized carbons (Fsp3) is 0.533. The zero-order valence-electron chi connectivity index (χ0n) is 13.1. The van der Waals surface area contributed by atoms with Crippen molar-refractivity contribution in [3.8, 4) is 11.8 Å². The van der Waals surface area contributed by atoms with Gasteiger partial charge in [-0.25, -0.2) is 8.42 Å². The number of nitriles is 1. The molecule has 6 nitrogen and oxygen atoms in total. The van der Waals surface area contributed by atoms with Crippen LogP contribution in [0.15, 0.2) is 18.2 Å². The number of hydrogen-bond donors (Lipinski definition) is 1. The summed E-state index contributed by atoms with van der Waals surface area (Å²) in [4.78, 5) is 0. The molecule has 2 rings (SSSR count). The first-order valence-corrected chi connectivity index (χ1v) is 8.62. The number of hydrogen-bond acceptors (Lipinski definition) is 5. The molecule has 1 aliphatic heterocycles. The molecule has 1 heterocycles. The number of aliphatic hydroxyl groups is 1. The Morgan fingerprint density at radius 3 is 2.64 bits per heavy atom. The number of aliphatic hydroxyl groups excluding tert-OH is 1. The quantitative estimate of drug-likeness (QED) is 0.908. The summed E-state index contributed by atoms with van der Waals surface area (Å²) in [5.74, 6) is 0.416. The second-order valence-electron chi connectivity index (χ2n) is 5.88. The monoisotopic (exact) mass is 324 g/mol. The van der Waals surface area contributed by atoms with E-state index in [1.807, 2.05) is 6.07 Å². The average molecular weight is 324 g/mol. The first-order chi connectivity index (χ1) is 10.1. The van der Waals surface area contributed by atoms with E-state index in [1.54, 1.807) is 39.0 Å². The molecule has 0 aliphatic carbocycles.